The maximum atomic E-state index is 13.1. The lowest BCUT2D eigenvalue weighted by Gasteiger charge is -2.23. The minimum Gasteiger partial charge on any atom is -0.493 e. The molecule has 0 spiro atoms. The summed E-state index contributed by atoms with van der Waals surface area (Å²) >= 11 is 7.35. The molecule has 3 aromatic rings. The van der Waals surface area contributed by atoms with Crippen molar-refractivity contribution < 1.29 is 19.4 Å². The van der Waals surface area contributed by atoms with Crippen LogP contribution in [0.4, 0.5) is 5.69 Å². The Morgan fingerprint density at radius 1 is 1.26 bits per heavy atom. The number of hydrogen-bond acceptors (Lipinski definition) is 6. The first-order chi connectivity index (χ1) is 14.8. The number of pyridine rings is 1. The lowest BCUT2D eigenvalue weighted by atomic mass is 10.1. The molecule has 0 fully saturated rings. The number of rotatable bonds is 7. The van der Waals surface area contributed by atoms with Gasteiger partial charge in [-0.3, -0.25) is 9.78 Å². The molecule has 1 aromatic carbocycles. The number of benzene rings is 1. The third-order valence-corrected chi connectivity index (χ3v) is 6.73. The average molecular weight is 459 g/mol. The normalized spacial score (nSPS) is 15.0. The fourth-order valence-electron chi connectivity index (χ4n) is 3.23. The molecule has 0 radical (unpaired) electrons. The Labute approximate surface area is 190 Å². The molecule has 0 aliphatic carbocycles. The second kappa shape index (κ2) is 8.49. The van der Waals surface area contributed by atoms with Crippen molar-refractivity contribution >= 4 is 34.5 Å². The zero-order valence-corrected chi connectivity index (χ0v) is 19.1. The van der Waals surface area contributed by atoms with E-state index in [4.69, 9.17) is 21.1 Å². The second-order valence-corrected chi connectivity index (χ2v) is 9.18. The lowest BCUT2D eigenvalue weighted by Crippen LogP contribution is -2.31. The summed E-state index contributed by atoms with van der Waals surface area (Å²) < 4.78 is 11.2. The van der Waals surface area contributed by atoms with E-state index in [0.29, 0.717) is 34.4 Å². The molecular formula is C23H23ClN2O4S. The van der Waals surface area contributed by atoms with Gasteiger partial charge >= 0.3 is 0 Å². The third kappa shape index (κ3) is 4.39. The van der Waals surface area contributed by atoms with Gasteiger partial charge in [-0.15, -0.1) is 11.3 Å². The quantitative estimate of drug-likeness (QED) is 0.528. The van der Waals surface area contributed by atoms with Crippen LogP contribution in [0.3, 0.4) is 0 Å². The van der Waals surface area contributed by atoms with Crippen LogP contribution in [0.15, 0.2) is 42.6 Å². The minimum absolute atomic E-state index is 0.0511. The molecule has 3 heterocycles. The summed E-state index contributed by atoms with van der Waals surface area (Å²) in [7, 11) is 1.55. The largest absolute Gasteiger partial charge is 0.493 e. The number of amides is 1. The highest BCUT2D eigenvalue weighted by Gasteiger charge is 2.32. The molecule has 1 aliphatic heterocycles. The van der Waals surface area contributed by atoms with Gasteiger partial charge in [0.25, 0.3) is 5.91 Å². The van der Waals surface area contributed by atoms with E-state index < -0.39 is 5.60 Å². The van der Waals surface area contributed by atoms with Gasteiger partial charge in [0.05, 0.1) is 39.7 Å². The number of thiophene rings is 1. The number of ether oxygens (including phenoxy) is 2. The second-order valence-electron chi connectivity index (χ2n) is 7.69. The van der Waals surface area contributed by atoms with E-state index >= 15 is 0 Å². The first-order valence-electron chi connectivity index (χ1n) is 9.91. The molecule has 1 aliphatic rings. The number of aromatic nitrogens is 1. The van der Waals surface area contributed by atoms with Crippen molar-refractivity contribution in [3.63, 3.8) is 0 Å². The molecule has 0 saturated heterocycles. The lowest BCUT2D eigenvalue weighted by molar-refractivity contribution is 0.00776. The van der Waals surface area contributed by atoms with Gasteiger partial charge in [0.1, 0.15) is 6.61 Å². The predicted molar refractivity (Wildman–Crippen MR) is 122 cm³/mol. The zero-order chi connectivity index (χ0) is 22.2. The van der Waals surface area contributed by atoms with E-state index in [2.05, 4.69) is 4.98 Å². The van der Waals surface area contributed by atoms with Crippen molar-refractivity contribution in [3.8, 4) is 22.1 Å². The van der Waals surface area contributed by atoms with Gasteiger partial charge in [-0.2, -0.15) is 0 Å². The van der Waals surface area contributed by atoms with Crippen LogP contribution < -0.4 is 14.4 Å². The number of fused-ring (bicyclic) bond motifs is 1. The van der Waals surface area contributed by atoms with Crippen molar-refractivity contribution in [2.45, 2.75) is 32.4 Å². The molecule has 1 amide bonds. The van der Waals surface area contributed by atoms with Crippen LogP contribution in [0.2, 0.25) is 5.02 Å². The van der Waals surface area contributed by atoms with E-state index in [1.54, 1.807) is 43.3 Å². The van der Waals surface area contributed by atoms with Gasteiger partial charge in [0.15, 0.2) is 11.5 Å². The predicted octanol–water partition coefficient (Wildman–Crippen LogP) is 5.17. The summed E-state index contributed by atoms with van der Waals surface area (Å²) in [5.74, 6) is 0.987. The maximum absolute atomic E-state index is 13.1. The Balaban J connectivity index is 1.53. The Kier molecular flexibility index (Phi) is 5.92. The standard InChI is InChI=1S/C23H23ClN2O4S/c1-4-23(2,28)13-30-18-8-6-16(10-19(18)29-3)26-12-14-9-20(31-21(14)22(26)27)17-7-5-15(24)11-25-17/h5-11,28H,4,12-13H2,1-3H3. The molecule has 6 nitrogen and oxygen atoms in total. The van der Waals surface area contributed by atoms with Crippen LogP contribution in [0.25, 0.3) is 10.6 Å². The Morgan fingerprint density at radius 3 is 2.71 bits per heavy atom. The van der Waals surface area contributed by atoms with Gasteiger partial charge in [0, 0.05) is 18.0 Å². The van der Waals surface area contributed by atoms with E-state index in [1.807, 2.05) is 25.1 Å². The summed E-state index contributed by atoms with van der Waals surface area (Å²) in [6.45, 7) is 4.26. The smallest absolute Gasteiger partial charge is 0.269 e. The van der Waals surface area contributed by atoms with Crippen LogP contribution in [0, 0.1) is 0 Å². The number of methoxy groups -OCH3 is 1. The fraction of sp³-hybridized carbons (Fsp3) is 0.304. The van der Waals surface area contributed by atoms with Crippen molar-refractivity contribution in [2.24, 2.45) is 0 Å². The van der Waals surface area contributed by atoms with Gasteiger partial charge in [0.2, 0.25) is 0 Å². The molecule has 31 heavy (non-hydrogen) atoms. The molecule has 1 N–H and O–H groups in total. The fourth-order valence-corrected chi connectivity index (χ4v) is 4.44. The summed E-state index contributed by atoms with van der Waals surface area (Å²) in [5, 5.41) is 10.8. The molecule has 0 bridgehead atoms. The third-order valence-electron chi connectivity index (χ3n) is 5.32. The van der Waals surface area contributed by atoms with Crippen LogP contribution in [0.1, 0.15) is 35.5 Å². The highest BCUT2D eigenvalue weighted by molar-refractivity contribution is 7.17. The summed E-state index contributed by atoms with van der Waals surface area (Å²) in [5.41, 5.74) is 1.58. The summed E-state index contributed by atoms with van der Waals surface area (Å²) in [6.07, 6.45) is 2.18. The maximum Gasteiger partial charge on any atom is 0.269 e. The number of carbonyl (C=O) groups excluding carboxylic acids is 1. The molecule has 1 unspecified atom stereocenters. The van der Waals surface area contributed by atoms with Crippen molar-refractivity contribution in [3.05, 3.63) is 58.1 Å². The van der Waals surface area contributed by atoms with E-state index in [-0.39, 0.29) is 12.5 Å². The molecule has 4 rings (SSSR count). The van der Waals surface area contributed by atoms with Crippen molar-refractivity contribution in [1.29, 1.82) is 0 Å². The van der Waals surface area contributed by atoms with E-state index in [0.717, 1.165) is 21.8 Å². The molecule has 8 heteroatoms. The zero-order valence-electron chi connectivity index (χ0n) is 17.5. The first-order valence-corrected chi connectivity index (χ1v) is 11.1. The van der Waals surface area contributed by atoms with Crippen LogP contribution in [0.5, 0.6) is 11.5 Å². The van der Waals surface area contributed by atoms with Crippen LogP contribution >= 0.6 is 22.9 Å². The summed E-state index contributed by atoms with van der Waals surface area (Å²) in [6, 6.07) is 11.0. The number of halogens is 1. The van der Waals surface area contributed by atoms with Gasteiger partial charge in [-0.25, -0.2) is 0 Å². The first kappa shape index (κ1) is 21.6. The molecule has 162 valence electrons. The highest BCUT2D eigenvalue weighted by atomic mass is 35.5. The monoisotopic (exact) mass is 458 g/mol. The van der Waals surface area contributed by atoms with Crippen molar-refractivity contribution in [1.82, 2.24) is 4.98 Å². The van der Waals surface area contributed by atoms with Gasteiger partial charge in [-0.05, 0) is 49.2 Å². The minimum atomic E-state index is -0.917. The Hall–Kier alpha value is -2.61. The van der Waals surface area contributed by atoms with Gasteiger partial charge in [-0.1, -0.05) is 18.5 Å². The Morgan fingerprint density at radius 2 is 2.06 bits per heavy atom. The van der Waals surface area contributed by atoms with Gasteiger partial charge < -0.3 is 19.5 Å². The number of nitrogens with zero attached hydrogens (tertiary/aromatic N) is 2. The Bertz CT molecular complexity index is 1110. The average Bonchev–Trinajstić information content (AvgIpc) is 3.32. The number of anilines is 1. The highest BCUT2D eigenvalue weighted by Crippen LogP contribution is 2.40. The van der Waals surface area contributed by atoms with E-state index in [9.17, 15) is 9.90 Å². The molecule has 1 atom stereocenters. The molecular weight excluding hydrogens is 436 g/mol. The van der Waals surface area contributed by atoms with E-state index in [1.165, 1.54) is 11.3 Å². The van der Waals surface area contributed by atoms with Crippen molar-refractivity contribution in [2.75, 3.05) is 18.6 Å². The number of hydrogen-bond donors (Lipinski definition) is 1. The SMILES string of the molecule is CCC(C)(O)COc1ccc(N2Cc3cc(-c4ccc(Cl)cn4)sc3C2=O)cc1OC. The van der Waals surface area contributed by atoms with Crippen LogP contribution in [-0.4, -0.2) is 35.3 Å². The topological polar surface area (TPSA) is 71.9 Å². The molecule has 2 aromatic heterocycles. The number of aliphatic hydroxyl groups is 1. The van der Waals surface area contributed by atoms with Crippen LogP contribution in [-0.2, 0) is 6.54 Å². The molecule has 0 saturated carbocycles. The summed E-state index contributed by atoms with van der Waals surface area (Å²) in [4.78, 5) is 20.8. The number of carbonyl (C=O) groups is 1.